The zero-order valence-corrected chi connectivity index (χ0v) is 12.4. The van der Waals surface area contributed by atoms with Gasteiger partial charge in [0.25, 0.3) is 0 Å². The van der Waals surface area contributed by atoms with Crippen LogP contribution in [0.3, 0.4) is 0 Å². The first-order valence-corrected chi connectivity index (χ1v) is 6.84. The monoisotopic (exact) mass is 274 g/mol. The van der Waals surface area contributed by atoms with Crippen molar-refractivity contribution in [3.63, 3.8) is 0 Å². The molecule has 0 radical (unpaired) electrons. The van der Waals surface area contributed by atoms with E-state index in [2.05, 4.69) is 19.9 Å². The average Bonchev–Trinajstić information content (AvgIpc) is 2.44. The van der Waals surface area contributed by atoms with Gasteiger partial charge in [-0.25, -0.2) is 0 Å². The van der Waals surface area contributed by atoms with E-state index in [9.17, 15) is 4.79 Å². The summed E-state index contributed by atoms with van der Waals surface area (Å²) < 4.78 is 5.22. The van der Waals surface area contributed by atoms with Gasteiger partial charge in [-0.1, -0.05) is 26.0 Å². The minimum Gasteiger partial charge on any atom is -0.496 e. The minimum absolute atomic E-state index is 0.0287. The van der Waals surface area contributed by atoms with Gasteiger partial charge in [-0.05, 0) is 18.1 Å². The Morgan fingerprint density at radius 2 is 2.10 bits per heavy atom. The van der Waals surface area contributed by atoms with Crippen molar-refractivity contribution < 1.29 is 9.53 Å². The third-order valence-electron chi connectivity index (χ3n) is 2.94. The van der Waals surface area contributed by atoms with Crippen LogP contribution >= 0.6 is 0 Å². The summed E-state index contributed by atoms with van der Waals surface area (Å²) in [6.45, 7) is 5.96. The number of para-hydroxylation sites is 1. The molecule has 0 fully saturated rings. The molecular weight excluding hydrogens is 252 g/mol. The standard InChI is InChI=1S/C16H22N2O2/c1-13(2)11-18(10-6-9-17)12-15(19)14-7-4-5-8-16(14)20-3/h4-5,7-8,13H,6,10-12H2,1-3H3. The summed E-state index contributed by atoms with van der Waals surface area (Å²) in [7, 11) is 1.56. The maximum absolute atomic E-state index is 12.4. The molecule has 1 aromatic carbocycles. The molecule has 0 N–H and O–H groups in total. The van der Waals surface area contributed by atoms with Crippen LogP contribution < -0.4 is 4.74 Å². The molecule has 4 nitrogen and oxygen atoms in total. The summed E-state index contributed by atoms with van der Waals surface area (Å²) in [6, 6.07) is 9.37. The van der Waals surface area contributed by atoms with E-state index in [4.69, 9.17) is 10.00 Å². The van der Waals surface area contributed by atoms with Crippen LogP contribution in [0.5, 0.6) is 5.75 Å². The highest BCUT2D eigenvalue weighted by Gasteiger charge is 2.16. The van der Waals surface area contributed by atoms with Gasteiger partial charge in [0.15, 0.2) is 5.78 Å². The fraction of sp³-hybridized carbons (Fsp3) is 0.500. The molecule has 0 aliphatic rings. The highest BCUT2D eigenvalue weighted by molar-refractivity contribution is 6.00. The van der Waals surface area contributed by atoms with Crippen LogP contribution in [-0.4, -0.2) is 37.4 Å². The van der Waals surface area contributed by atoms with E-state index < -0.39 is 0 Å². The molecule has 0 saturated heterocycles. The zero-order valence-electron chi connectivity index (χ0n) is 12.4. The predicted octanol–water partition coefficient (Wildman–Crippen LogP) is 2.75. The number of ketones is 1. The Balaban J connectivity index is 2.76. The Bertz CT molecular complexity index is 478. The van der Waals surface area contributed by atoms with Crippen molar-refractivity contribution in [2.45, 2.75) is 20.3 Å². The number of hydrogen-bond donors (Lipinski definition) is 0. The highest BCUT2D eigenvalue weighted by Crippen LogP contribution is 2.18. The van der Waals surface area contributed by atoms with Crippen LogP contribution in [0, 0.1) is 17.2 Å². The molecule has 20 heavy (non-hydrogen) atoms. The Hall–Kier alpha value is -1.86. The third kappa shape index (κ3) is 5.02. The smallest absolute Gasteiger partial charge is 0.180 e. The van der Waals surface area contributed by atoms with Crippen molar-refractivity contribution >= 4 is 5.78 Å². The summed E-state index contributed by atoms with van der Waals surface area (Å²) in [5.74, 6) is 1.09. The molecule has 0 atom stereocenters. The van der Waals surface area contributed by atoms with Crippen molar-refractivity contribution in [1.29, 1.82) is 5.26 Å². The second kappa shape index (κ2) is 8.34. The number of ether oxygens (including phenoxy) is 1. The maximum Gasteiger partial charge on any atom is 0.180 e. The number of carbonyl (C=O) groups is 1. The van der Waals surface area contributed by atoms with Gasteiger partial charge in [0, 0.05) is 19.5 Å². The number of benzene rings is 1. The summed E-state index contributed by atoms with van der Waals surface area (Å²) in [4.78, 5) is 14.4. The Labute approximate surface area is 121 Å². The summed E-state index contributed by atoms with van der Waals surface area (Å²) >= 11 is 0. The normalized spacial score (nSPS) is 10.6. The fourth-order valence-corrected chi connectivity index (χ4v) is 2.12. The van der Waals surface area contributed by atoms with E-state index in [1.807, 2.05) is 17.0 Å². The Morgan fingerprint density at radius 1 is 1.40 bits per heavy atom. The van der Waals surface area contributed by atoms with Crippen LogP contribution in [0.1, 0.15) is 30.6 Å². The number of nitrogens with zero attached hydrogens (tertiary/aromatic N) is 2. The third-order valence-corrected chi connectivity index (χ3v) is 2.94. The van der Waals surface area contributed by atoms with Crippen molar-refractivity contribution in [1.82, 2.24) is 4.90 Å². The molecular formula is C16H22N2O2. The molecule has 0 amide bonds. The second-order valence-corrected chi connectivity index (χ2v) is 5.16. The number of carbonyl (C=O) groups excluding carboxylic acids is 1. The molecule has 0 heterocycles. The molecule has 108 valence electrons. The molecule has 0 saturated carbocycles. The number of methoxy groups -OCH3 is 1. The van der Waals surface area contributed by atoms with E-state index in [-0.39, 0.29) is 5.78 Å². The van der Waals surface area contributed by atoms with Crippen LogP contribution in [0.25, 0.3) is 0 Å². The lowest BCUT2D eigenvalue weighted by molar-refractivity contribution is 0.0921. The van der Waals surface area contributed by atoms with Crippen LogP contribution in [0.15, 0.2) is 24.3 Å². The Kier molecular flexibility index (Phi) is 6.75. The van der Waals surface area contributed by atoms with Crippen molar-refractivity contribution in [3.05, 3.63) is 29.8 Å². The molecule has 0 aliphatic heterocycles. The lowest BCUT2D eigenvalue weighted by atomic mass is 10.1. The van der Waals surface area contributed by atoms with E-state index in [1.54, 1.807) is 19.2 Å². The van der Waals surface area contributed by atoms with Crippen molar-refractivity contribution in [2.24, 2.45) is 5.92 Å². The van der Waals surface area contributed by atoms with Gasteiger partial charge in [0.2, 0.25) is 0 Å². The van der Waals surface area contributed by atoms with Gasteiger partial charge in [-0.15, -0.1) is 0 Å². The first kappa shape index (κ1) is 16.2. The summed E-state index contributed by atoms with van der Waals surface area (Å²) in [6.07, 6.45) is 0.436. The van der Waals surface area contributed by atoms with Crippen molar-refractivity contribution in [2.75, 3.05) is 26.7 Å². The molecule has 0 unspecified atom stereocenters. The molecule has 0 spiro atoms. The predicted molar refractivity (Wildman–Crippen MR) is 78.8 cm³/mol. The van der Waals surface area contributed by atoms with Gasteiger partial charge in [0.05, 0.1) is 25.3 Å². The second-order valence-electron chi connectivity index (χ2n) is 5.16. The molecule has 0 bridgehead atoms. The topological polar surface area (TPSA) is 53.3 Å². The molecule has 1 rings (SSSR count). The molecule has 4 heteroatoms. The first-order chi connectivity index (χ1) is 9.58. The van der Waals surface area contributed by atoms with Crippen LogP contribution in [0.4, 0.5) is 0 Å². The van der Waals surface area contributed by atoms with Gasteiger partial charge in [0.1, 0.15) is 5.75 Å². The van der Waals surface area contributed by atoms with E-state index in [1.165, 1.54) is 0 Å². The number of Topliss-reactive ketones (excluding diaryl/α,β-unsaturated/α-hetero) is 1. The molecule has 0 aliphatic carbocycles. The lowest BCUT2D eigenvalue weighted by Gasteiger charge is -2.22. The number of rotatable bonds is 8. The van der Waals surface area contributed by atoms with Crippen LogP contribution in [0.2, 0.25) is 0 Å². The van der Waals surface area contributed by atoms with E-state index in [0.717, 1.165) is 6.54 Å². The molecule has 0 aromatic heterocycles. The van der Waals surface area contributed by atoms with Crippen LogP contribution in [-0.2, 0) is 0 Å². The lowest BCUT2D eigenvalue weighted by Crippen LogP contribution is -2.34. The highest BCUT2D eigenvalue weighted by atomic mass is 16.5. The van der Waals surface area contributed by atoms with Crippen molar-refractivity contribution in [3.8, 4) is 11.8 Å². The maximum atomic E-state index is 12.4. The summed E-state index contributed by atoms with van der Waals surface area (Å²) in [5.41, 5.74) is 0.598. The SMILES string of the molecule is COc1ccccc1C(=O)CN(CCC#N)CC(C)C. The first-order valence-electron chi connectivity index (χ1n) is 6.84. The van der Waals surface area contributed by atoms with E-state index >= 15 is 0 Å². The van der Waals surface area contributed by atoms with E-state index in [0.29, 0.717) is 36.7 Å². The number of hydrogen-bond acceptors (Lipinski definition) is 4. The van der Waals surface area contributed by atoms with Gasteiger partial charge in [-0.3, -0.25) is 9.69 Å². The van der Waals surface area contributed by atoms with Gasteiger partial charge >= 0.3 is 0 Å². The van der Waals surface area contributed by atoms with Gasteiger partial charge in [-0.2, -0.15) is 5.26 Å². The minimum atomic E-state index is 0.0287. The quantitative estimate of drug-likeness (QED) is 0.684. The Morgan fingerprint density at radius 3 is 2.70 bits per heavy atom. The zero-order chi connectivity index (χ0) is 15.0. The number of nitriles is 1. The fourth-order valence-electron chi connectivity index (χ4n) is 2.12. The summed E-state index contributed by atoms with van der Waals surface area (Å²) in [5, 5.41) is 8.70. The van der Waals surface area contributed by atoms with Gasteiger partial charge < -0.3 is 4.74 Å². The average molecular weight is 274 g/mol. The largest absolute Gasteiger partial charge is 0.496 e. The molecule has 1 aromatic rings.